The van der Waals surface area contributed by atoms with Gasteiger partial charge in [-0.3, -0.25) is 14.3 Å². The van der Waals surface area contributed by atoms with Gasteiger partial charge in [-0.05, 0) is 13.3 Å². The molecule has 0 aliphatic carbocycles. The number of hydrogen-bond donors (Lipinski definition) is 1. The lowest BCUT2D eigenvalue weighted by molar-refractivity contribution is -0.137. The van der Waals surface area contributed by atoms with Gasteiger partial charge in [-0.15, -0.1) is 0 Å². The minimum absolute atomic E-state index is 0.277. The summed E-state index contributed by atoms with van der Waals surface area (Å²) in [6.07, 6.45) is 2.33. The van der Waals surface area contributed by atoms with Crippen LogP contribution in [-0.4, -0.2) is 44.8 Å². The van der Waals surface area contributed by atoms with Crippen LogP contribution in [0, 0.1) is 6.92 Å². The molecular formula is C11H17N3O3. The molecule has 0 aliphatic heterocycles. The first-order valence-corrected chi connectivity index (χ1v) is 5.47. The van der Waals surface area contributed by atoms with Crippen molar-refractivity contribution in [3.8, 4) is 0 Å². The van der Waals surface area contributed by atoms with Gasteiger partial charge in [-0.1, -0.05) is 6.92 Å². The molecule has 6 heteroatoms. The van der Waals surface area contributed by atoms with Crippen molar-refractivity contribution in [2.45, 2.75) is 20.3 Å². The van der Waals surface area contributed by atoms with Crippen molar-refractivity contribution in [2.24, 2.45) is 7.05 Å². The van der Waals surface area contributed by atoms with Crippen LogP contribution >= 0.6 is 0 Å². The van der Waals surface area contributed by atoms with E-state index in [9.17, 15) is 9.59 Å². The largest absolute Gasteiger partial charge is 0.480 e. The maximum Gasteiger partial charge on any atom is 0.323 e. The third-order valence-electron chi connectivity index (χ3n) is 2.35. The molecule has 0 aliphatic rings. The van der Waals surface area contributed by atoms with Crippen LogP contribution in [0.5, 0.6) is 0 Å². The molecule has 0 radical (unpaired) electrons. The lowest BCUT2D eigenvalue weighted by Crippen LogP contribution is -2.36. The summed E-state index contributed by atoms with van der Waals surface area (Å²) < 4.78 is 1.55. The van der Waals surface area contributed by atoms with Gasteiger partial charge in [0.05, 0.1) is 11.3 Å². The van der Waals surface area contributed by atoms with Gasteiger partial charge >= 0.3 is 5.97 Å². The van der Waals surface area contributed by atoms with Gasteiger partial charge in [-0.2, -0.15) is 5.10 Å². The number of nitrogens with zero attached hydrogens (tertiary/aromatic N) is 3. The van der Waals surface area contributed by atoms with Crippen molar-refractivity contribution in [3.63, 3.8) is 0 Å². The fraction of sp³-hybridized carbons (Fsp3) is 0.545. The topological polar surface area (TPSA) is 75.4 Å². The van der Waals surface area contributed by atoms with Crippen molar-refractivity contribution >= 4 is 11.9 Å². The van der Waals surface area contributed by atoms with Gasteiger partial charge in [0.25, 0.3) is 5.91 Å². The van der Waals surface area contributed by atoms with E-state index in [2.05, 4.69) is 5.10 Å². The molecule has 0 saturated heterocycles. The van der Waals surface area contributed by atoms with Crippen molar-refractivity contribution in [1.82, 2.24) is 14.7 Å². The summed E-state index contributed by atoms with van der Waals surface area (Å²) in [6.45, 7) is 3.79. The van der Waals surface area contributed by atoms with E-state index in [0.717, 1.165) is 6.42 Å². The lowest BCUT2D eigenvalue weighted by atomic mass is 10.2. The molecule has 1 aromatic rings. The van der Waals surface area contributed by atoms with E-state index in [0.29, 0.717) is 17.8 Å². The summed E-state index contributed by atoms with van der Waals surface area (Å²) >= 11 is 0. The van der Waals surface area contributed by atoms with Crippen molar-refractivity contribution in [2.75, 3.05) is 13.1 Å². The van der Waals surface area contributed by atoms with Gasteiger partial charge in [0.1, 0.15) is 6.54 Å². The van der Waals surface area contributed by atoms with E-state index >= 15 is 0 Å². The Bertz CT molecular complexity index is 426. The minimum atomic E-state index is -1.01. The zero-order valence-electron chi connectivity index (χ0n) is 10.3. The van der Waals surface area contributed by atoms with Crippen LogP contribution in [0.3, 0.4) is 0 Å². The van der Waals surface area contributed by atoms with E-state index < -0.39 is 5.97 Å². The van der Waals surface area contributed by atoms with Crippen LogP contribution in [0.1, 0.15) is 29.4 Å². The highest BCUT2D eigenvalue weighted by Gasteiger charge is 2.21. The normalized spacial score (nSPS) is 10.3. The predicted molar refractivity (Wildman–Crippen MR) is 61.8 cm³/mol. The van der Waals surface area contributed by atoms with Crippen LogP contribution in [0.4, 0.5) is 0 Å². The highest BCUT2D eigenvalue weighted by atomic mass is 16.4. The summed E-state index contributed by atoms with van der Waals surface area (Å²) in [4.78, 5) is 24.1. The first kappa shape index (κ1) is 13.2. The van der Waals surface area contributed by atoms with Crippen LogP contribution in [-0.2, 0) is 11.8 Å². The molecule has 0 bridgehead atoms. The Balaban J connectivity index is 2.91. The average Bonchev–Trinajstić information content (AvgIpc) is 2.55. The van der Waals surface area contributed by atoms with Gasteiger partial charge in [-0.25, -0.2) is 0 Å². The van der Waals surface area contributed by atoms with E-state index in [1.807, 2.05) is 6.92 Å². The summed E-state index contributed by atoms with van der Waals surface area (Å²) in [5, 5.41) is 12.8. The number of amides is 1. The Morgan fingerprint density at radius 2 is 2.18 bits per heavy atom. The lowest BCUT2D eigenvalue weighted by Gasteiger charge is -2.19. The van der Waals surface area contributed by atoms with Crippen molar-refractivity contribution in [1.29, 1.82) is 0 Å². The summed E-state index contributed by atoms with van der Waals surface area (Å²) in [7, 11) is 1.73. The highest BCUT2D eigenvalue weighted by Crippen LogP contribution is 2.09. The third kappa shape index (κ3) is 3.30. The van der Waals surface area contributed by atoms with Crippen LogP contribution < -0.4 is 0 Å². The average molecular weight is 239 g/mol. The van der Waals surface area contributed by atoms with E-state index in [-0.39, 0.29) is 12.5 Å². The molecule has 0 saturated carbocycles. The van der Waals surface area contributed by atoms with E-state index in [4.69, 9.17) is 5.11 Å². The number of carbonyl (C=O) groups is 2. The second kappa shape index (κ2) is 5.47. The molecule has 1 aromatic heterocycles. The maximum atomic E-state index is 12.1. The molecule has 1 rings (SSSR count). The number of hydrogen-bond acceptors (Lipinski definition) is 3. The molecule has 0 aromatic carbocycles. The van der Waals surface area contributed by atoms with E-state index in [1.54, 1.807) is 24.9 Å². The molecule has 0 fully saturated rings. The Morgan fingerprint density at radius 3 is 2.59 bits per heavy atom. The first-order chi connectivity index (χ1) is 7.95. The number of aliphatic carboxylic acids is 1. The molecule has 6 nitrogen and oxygen atoms in total. The highest BCUT2D eigenvalue weighted by molar-refractivity contribution is 5.96. The quantitative estimate of drug-likeness (QED) is 0.819. The van der Waals surface area contributed by atoms with Gasteiger partial charge < -0.3 is 10.0 Å². The second-order valence-corrected chi connectivity index (χ2v) is 3.92. The Kier molecular flexibility index (Phi) is 4.25. The molecule has 1 heterocycles. The molecular weight excluding hydrogens is 222 g/mol. The zero-order chi connectivity index (χ0) is 13.0. The number of carboxylic acids is 1. The Labute approximate surface area is 99.8 Å². The SMILES string of the molecule is CCCN(CC(=O)O)C(=O)c1cn(C)nc1C. The third-order valence-corrected chi connectivity index (χ3v) is 2.35. The standard InChI is InChI=1S/C11H17N3O3/c1-4-5-14(7-10(15)16)11(17)9-6-13(3)12-8(9)2/h6H,4-5,7H2,1-3H3,(H,15,16). The molecule has 1 amide bonds. The zero-order valence-corrected chi connectivity index (χ0v) is 10.3. The molecule has 17 heavy (non-hydrogen) atoms. The van der Waals surface area contributed by atoms with Crippen LogP contribution in [0.15, 0.2) is 6.20 Å². The van der Waals surface area contributed by atoms with Crippen LogP contribution in [0.2, 0.25) is 0 Å². The summed E-state index contributed by atoms with van der Waals surface area (Å²) in [5.41, 5.74) is 1.08. The summed E-state index contributed by atoms with van der Waals surface area (Å²) in [6, 6.07) is 0. The fourth-order valence-corrected chi connectivity index (χ4v) is 1.67. The van der Waals surface area contributed by atoms with E-state index in [1.165, 1.54) is 4.90 Å². The Morgan fingerprint density at radius 1 is 1.53 bits per heavy atom. The summed E-state index contributed by atoms with van der Waals surface area (Å²) in [5.74, 6) is -1.28. The smallest absolute Gasteiger partial charge is 0.323 e. The number of carboxylic acid groups (broad SMARTS) is 1. The first-order valence-electron chi connectivity index (χ1n) is 5.47. The second-order valence-electron chi connectivity index (χ2n) is 3.92. The van der Waals surface area contributed by atoms with Crippen molar-refractivity contribution < 1.29 is 14.7 Å². The fourth-order valence-electron chi connectivity index (χ4n) is 1.67. The van der Waals surface area contributed by atoms with Crippen LogP contribution in [0.25, 0.3) is 0 Å². The monoisotopic (exact) mass is 239 g/mol. The number of carbonyl (C=O) groups excluding carboxylic acids is 1. The van der Waals surface area contributed by atoms with Gasteiger partial charge in [0, 0.05) is 19.8 Å². The van der Waals surface area contributed by atoms with Gasteiger partial charge in [0.2, 0.25) is 0 Å². The maximum absolute atomic E-state index is 12.1. The number of aryl methyl sites for hydroxylation is 2. The van der Waals surface area contributed by atoms with Crippen molar-refractivity contribution in [3.05, 3.63) is 17.5 Å². The van der Waals surface area contributed by atoms with Gasteiger partial charge in [0.15, 0.2) is 0 Å². The molecule has 0 atom stereocenters. The predicted octanol–water partition coefficient (Wildman–Crippen LogP) is 0.665. The molecule has 0 spiro atoms. The number of rotatable bonds is 5. The Hall–Kier alpha value is -1.85. The molecule has 1 N–H and O–H groups in total. The minimum Gasteiger partial charge on any atom is -0.480 e. The molecule has 94 valence electrons. The molecule has 0 unspecified atom stereocenters. The number of aromatic nitrogens is 2.